The highest BCUT2D eigenvalue weighted by Crippen LogP contribution is 2.30. The number of carbonyl (C=O) groups is 1. The molecule has 0 spiro atoms. The van der Waals surface area contributed by atoms with Crippen LogP contribution in [-0.2, 0) is 6.61 Å². The van der Waals surface area contributed by atoms with Gasteiger partial charge in [0.05, 0.1) is 11.6 Å². The summed E-state index contributed by atoms with van der Waals surface area (Å²) >= 11 is 12.1. The van der Waals surface area contributed by atoms with Crippen LogP contribution in [0.2, 0.25) is 10.0 Å². The Labute approximate surface area is 159 Å². The minimum Gasteiger partial charge on any atom is -0.490 e. The normalized spacial score (nSPS) is 10.6. The van der Waals surface area contributed by atoms with Gasteiger partial charge in [-0.25, -0.2) is 0 Å². The number of halogens is 2. The van der Waals surface area contributed by atoms with E-state index in [1.807, 2.05) is 6.92 Å². The summed E-state index contributed by atoms with van der Waals surface area (Å²) in [6.07, 6.45) is 0.741. The summed E-state index contributed by atoms with van der Waals surface area (Å²) in [7, 11) is 0. The maximum Gasteiger partial charge on any atom is 0.264 e. The van der Waals surface area contributed by atoms with Crippen molar-refractivity contribution in [1.82, 2.24) is 10.1 Å². The Bertz CT molecular complexity index is 927. The monoisotopic (exact) mass is 392 g/mol. The van der Waals surface area contributed by atoms with Crippen LogP contribution in [0.5, 0.6) is 11.5 Å². The van der Waals surface area contributed by atoms with E-state index in [0.717, 1.165) is 6.29 Å². The molecule has 0 saturated carbocycles. The highest BCUT2D eigenvalue weighted by atomic mass is 35.5. The number of ether oxygens (including phenoxy) is 2. The summed E-state index contributed by atoms with van der Waals surface area (Å²) in [6.45, 7) is 2.32. The second kappa shape index (κ2) is 8.21. The third-order valence-electron chi connectivity index (χ3n) is 3.39. The van der Waals surface area contributed by atoms with Crippen molar-refractivity contribution < 1.29 is 18.8 Å². The molecule has 1 aromatic heterocycles. The number of carbonyl (C=O) groups excluding carboxylic acids is 1. The molecule has 0 aliphatic carbocycles. The van der Waals surface area contributed by atoms with Gasteiger partial charge in [0.1, 0.15) is 6.29 Å². The Morgan fingerprint density at radius 1 is 1.12 bits per heavy atom. The summed E-state index contributed by atoms with van der Waals surface area (Å²) in [6, 6.07) is 9.89. The van der Waals surface area contributed by atoms with E-state index in [0.29, 0.717) is 45.1 Å². The first-order valence-corrected chi connectivity index (χ1v) is 8.49. The van der Waals surface area contributed by atoms with Crippen LogP contribution in [0.3, 0.4) is 0 Å². The van der Waals surface area contributed by atoms with Crippen LogP contribution < -0.4 is 9.47 Å². The van der Waals surface area contributed by atoms with E-state index in [2.05, 4.69) is 10.1 Å². The Hall–Kier alpha value is -2.57. The van der Waals surface area contributed by atoms with Crippen LogP contribution in [0.1, 0.15) is 23.2 Å². The van der Waals surface area contributed by atoms with Gasteiger partial charge >= 0.3 is 0 Å². The first kappa shape index (κ1) is 18.2. The average Bonchev–Trinajstić information content (AvgIpc) is 3.11. The first-order valence-electron chi connectivity index (χ1n) is 7.73. The van der Waals surface area contributed by atoms with Gasteiger partial charge in [0.2, 0.25) is 5.82 Å². The molecule has 0 bridgehead atoms. The van der Waals surface area contributed by atoms with Crippen molar-refractivity contribution in [1.29, 1.82) is 0 Å². The van der Waals surface area contributed by atoms with Gasteiger partial charge in [-0.3, -0.25) is 4.79 Å². The van der Waals surface area contributed by atoms with Crippen LogP contribution in [0, 0.1) is 0 Å². The Morgan fingerprint density at radius 3 is 2.73 bits per heavy atom. The van der Waals surface area contributed by atoms with Gasteiger partial charge in [-0.2, -0.15) is 4.98 Å². The number of hydrogen-bond acceptors (Lipinski definition) is 6. The molecule has 6 nitrogen and oxygen atoms in total. The van der Waals surface area contributed by atoms with Crippen molar-refractivity contribution in [2.75, 3.05) is 6.61 Å². The lowest BCUT2D eigenvalue weighted by atomic mass is 10.2. The lowest BCUT2D eigenvalue weighted by Crippen LogP contribution is -2.00. The summed E-state index contributed by atoms with van der Waals surface area (Å²) in [5.41, 5.74) is 1.07. The van der Waals surface area contributed by atoms with E-state index in [1.54, 1.807) is 36.4 Å². The molecule has 0 fully saturated rings. The zero-order chi connectivity index (χ0) is 18.5. The highest BCUT2D eigenvalue weighted by molar-refractivity contribution is 6.35. The first-order chi connectivity index (χ1) is 12.6. The molecule has 0 saturated heterocycles. The topological polar surface area (TPSA) is 74.5 Å². The molecule has 0 amide bonds. The van der Waals surface area contributed by atoms with Crippen LogP contribution in [0.15, 0.2) is 40.9 Å². The molecular weight excluding hydrogens is 379 g/mol. The fourth-order valence-corrected chi connectivity index (χ4v) is 2.59. The van der Waals surface area contributed by atoms with Crippen molar-refractivity contribution in [3.63, 3.8) is 0 Å². The van der Waals surface area contributed by atoms with Crippen LogP contribution in [-0.4, -0.2) is 23.0 Å². The zero-order valence-corrected chi connectivity index (χ0v) is 15.3. The molecule has 8 heteroatoms. The van der Waals surface area contributed by atoms with E-state index < -0.39 is 0 Å². The van der Waals surface area contributed by atoms with Gasteiger partial charge in [0.25, 0.3) is 5.89 Å². The Kier molecular flexibility index (Phi) is 5.75. The van der Waals surface area contributed by atoms with Gasteiger partial charge in [-0.05, 0) is 43.3 Å². The summed E-state index contributed by atoms with van der Waals surface area (Å²) in [5, 5.41) is 4.88. The highest BCUT2D eigenvalue weighted by Gasteiger charge is 2.14. The van der Waals surface area contributed by atoms with E-state index in [9.17, 15) is 4.79 Å². The predicted molar refractivity (Wildman–Crippen MR) is 97.1 cm³/mol. The largest absolute Gasteiger partial charge is 0.490 e. The number of nitrogens with zero attached hydrogens (tertiary/aromatic N) is 2. The summed E-state index contributed by atoms with van der Waals surface area (Å²) < 4.78 is 16.4. The SMILES string of the molecule is CCOc1cc(C=O)ccc1OCc1nc(-c2cc(Cl)ccc2Cl)no1. The molecule has 134 valence electrons. The fourth-order valence-electron chi connectivity index (χ4n) is 2.22. The molecule has 0 aliphatic heterocycles. The quantitative estimate of drug-likeness (QED) is 0.535. The van der Waals surface area contributed by atoms with Crippen molar-refractivity contribution in [3.05, 3.63) is 57.9 Å². The number of aldehydes is 1. The minimum absolute atomic E-state index is 0.0334. The van der Waals surface area contributed by atoms with Gasteiger partial charge in [0.15, 0.2) is 18.1 Å². The number of benzene rings is 2. The molecule has 3 aromatic rings. The van der Waals surface area contributed by atoms with Crippen LogP contribution in [0.4, 0.5) is 0 Å². The molecule has 0 aliphatic rings. The third kappa shape index (κ3) is 4.15. The molecular formula is C18H14Cl2N2O4. The van der Waals surface area contributed by atoms with Gasteiger partial charge in [-0.1, -0.05) is 28.4 Å². The van der Waals surface area contributed by atoms with Crippen molar-refractivity contribution >= 4 is 29.5 Å². The molecule has 1 heterocycles. The molecule has 2 aromatic carbocycles. The van der Waals surface area contributed by atoms with Crippen molar-refractivity contribution in [2.24, 2.45) is 0 Å². The van der Waals surface area contributed by atoms with Gasteiger partial charge in [0, 0.05) is 16.1 Å². The summed E-state index contributed by atoms with van der Waals surface area (Å²) in [5.74, 6) is 1.52. The van der Waals surface area contributed by atoms with Crippen molar-refractivity contribution in [2.45, 2.75) is 13.5 Å². The molecule has 0 atom stereocenters. The van der Waals surface area contributed by atoms with Gasteiger partial charge < -0.3 is 14.0 Å². The molecule has 0 N–H and O–H groups in total. The van der Waals surface area contributed by atoms with E-state index in [1.165, 1.54) is 0 Å². The van der Waals surface area contributed by atoms with Crippen molar-refractivity contribution in [3.8, 4) is 22.9 Å². The molecule has 26 heavy (non-hydrogen) atoms. The smallest absolute Gasteiger partial charge is 0.264 e. The standard InChI is InChI=1S/C18H14Cl2N2O4/c1-2-24-16-7-11(9-23)3-6-15(16)25-10-17-21-18(22-26-17)13-8-12(19)4-5-14(13)20/h3-9H,2,10H2,1H3. The predicted octanol–water partition coefficient (Wildman–Crippen LogP) is 4.83. The molecule has 0 radical (unpaired) electrons. The number of aromatic nitrogens is 2. The number of rotatable bonds is 7. The second-order valence-corrected chi connectivity index (χ2v) is 6.03. The van der Waals surface area contributed by atoms with E-state index in [-0.39, 0.29) is 12.5 Å². The van der Waals surface area contributed by atoms with Gasteiger partial charge in [-0.15, -0.1) is 0 Å². The minimum atomic E-state index is 0.0334. The number of hydrogen-bond donors (Lipinski definition) is 0. The fraction of sp³-hybridized carbons (Fsp3) is 0.167. The van der Waals surface area contributed by atoms with E-state index >= 15 is 0 Å². The van der Waals surface area contributed by atoms with E-state index in [4.69, 9.17) is 37.2 Å². The molecule has 3 rings (SSSR count). The Balaban J connectivity index is 1.76. The third-order valence-corrected chi connectivity index (χ3v) is 3.96. The second-order valence-electron chi connectivity index (χ2n) is 5.18. The summed E-state index contributed by atoms with van der Waals surface area (Å²) in [4.78, 5) is 15.2. The average molecular weight is 393 g/mol. The lowest BCUT2D eigenvalue weighted by Gasteiger charge is -2.10. The maximum atomic E-state index is 10.9. The molecule has 0 unspecified atom stereocenters. The maximum absolute atomic E-state index is 10.9. The lowest BCUT2D eigenvalue weighted by molar-refractivity contribution is 0.112. The van der Waals surface area contributed by atoms with Crippen LogP contribution >= 0.6 is 23.2 Å². The van der Waals surface area contributed by atoms with Crippen LogP contribution in [0.25, 0.3) is 11.4 Å². The Morgan fingerprint density at radius 2 is 1.96 bits per heavy atom. The zero-order valence-electron chi connectivity index (χ0n) is 13.7.